The van der Waals surface area contributed by atoms with Crippen LogP contribution in [0.1, 0.15) is 213 Å². The van der Waals surface area contributed by atoms with Gasteiger partial charge in [0, 0.05) is 19.3 Å². The van der Waals surface area contributed by atoms with E-state index in [1.54, 1.807) is 0 Å². The van der Waals surface area contributed by atoms with E-state index in [-0.39, 0.29) is 37.5 Å². The molecule has 0 fully saturated rings. The zero-order valence-corrected chi connectivity index (χ0v) is 40.5. The van der Waals surface area contributed by atoms with E-state index in [4.69, 9.17) is 14.2 Å². The van der Waals surface area contributed by atoms with Crippen molar-refractivity contribution in [1.29, 1.82) is 0 Å². The van der Waals surface area contributed by atoms with Crippen molar-refractivity contribution in [2.45, 2.75) is 219 Å². The predicted molar refractivity (Wildman–Crippen MR) is 270 cm³/mol. The second kappa shape index (κ2) is 50.7. The first-order valence-corrected chi connectivity index (χ1v) is 25.4. The first kappa shape index (κ1) is 59.1. The van der Waals surface area contributed by atoms with Crippen LogP contribution in [0, 0.1) is 0 Å². The summed E-state index contributed by atoms with van der Waals surface area (Å²) in [5.41, 5.74) is 0. The van der Waals surface area contributed by atoms with Crippen LogP contribution in [0.15, 0.2) is 109 Å². The van der Waals surface area contributed by atoms with Crippen LogP contribution >= 0.6 is 0 Å². The quantitative estimate of drug-likeness (QED) is 0.0263. The highest BCUT2D eigenvalue weighted by Crippen LogP contribution is 2.13. The average Bonchev–Trinajstić information content (AvgIpc) is 3.28. The fourth-order valence-electron chi connectivity index (χ4n) is 6.50. The molecule has 0 spiro atoms. The number of carbonyl (C=O) groups excluding carboxylic acids is 3. The van der Waals surface area contributed by atoms with Crippen molar-refractivity contribution in [2.75, 3.05) is 13.2 Å². The molecule has 0 aromatic rings. The molecule has 0 amide bonds. The number of rotatable bonds is 44. The fraction of sp³-hybridized carbons (Fsp3) is 0.632. The van der Waals surface area contributed by atoms with Crippen LogP contribution in [0.5, 0.6) is 0 Å². The Balaban J connectivity index is 4.24. The number of unbranched alkanes of at least 4 members (excludes halogenated alkanes) is 15. The van der Waals surface area contributed by atoms with E-state index in [1.165, 1.54) is 64.2 Å². The Labute approximate surface area is 387 Å². The number of hydrogen-bond acceptors (Lipinski definition) is 6. The Morgan fingerprint density at radius 1 is 0.333 bits per heavy atom. The van der Waals surface area contributed by atoms with Gasteiger partial charge in [0.25, 0.3) is 0 Å². The smallest absolute Gasteiger partial charge is 0.306 e. The monoisotopic (exact) mass is 873 g/mol. The predicted octanol–water partition coefficient (Wildman–Crippen LogP) is 16.8. The summed E-state index contributed by atoms with van der Waals surface area (Å²) in [5.74, 6) is -0.977. The molecular formula is C57H92O6. The minimum Gasteiger partial charge on any atom is -0.462 e. The fourth-order valence-corrected chi connectivity index (χ4v) is 6.50. The summed E-state index contributed by atoms with van der Waals surface area (Å²) in [4.78, 5) is 37.6. The molecule has 0 aliphatic carbocycles. The van der Waals surface area contributed by atoms with Crippen LogP contribution in [-0.4, -0.2) is 37.2 Å². The van der Waals surface area contributed by atoms with Crippen LogP contribution in [-0.2, 0) is 28.6 Å². The van der Waals surface area contributed by atoms with Crippen LogP contribution in [0.25, 0.3) is 0 Å². The van der Waals surface area contributed by atoms with Crippen LogP contribution < -0.4 is 0 Å². The summed E-state index contributed by atoms with van der Waals surface area (Å²) in [6.07, 6.45) is 68.3. The summed E-state index contributed by atoms with van der Waals surface area (Å²) in [5, 5.41) is 0. The molecule has 6 heteroatoms. The van der Waals surface area contributed by atoms with Crippen molar-refractivity contribution in [3.63, 3.8) is 0 Å². The van der Waals surface area contributed by atoms with E-state index in [9.17, 15) is 14.4 Å². The van der Waals surface area contributed by atoms with Gasteiger partial charge in [0.1, 0.15) is 13.2 Å². The molecule has 0 saturated carbocycles. The van der Waals surface area contributed by atoms with Gasteiger partial charge in [-0.2, -0.15) is 0 Å². The number of hydrogen-bond donors (Lipinski definition) is 0. The van der Waals surface area contributed by atoms with Gasteiger partial charge >= 0.3 is 17.9 Å². The van der Waals surface area contributed by atoms with Crippen molar-refractivity contribution in [3.8, 4) is 0 Å². The molecule has 0 aromatic carbocycles. The van der Waals surface area contributed by atoms with E-state index in [0.29, 0.717) is 19.3 Å². The molecule has 0 aromatic heterocycles. The first-order chi connectivity index (χ1) is 31.0. The zero-order chi connectivity index (χ0) is 45.8. The lowest BCUT2D eigenvalue weighted by atomic mass is 10.1. The van der Waals surface area contributed by atoms with E-state index in [2.05, 4.69) is 130 Å². The maximum absolute atomic E-state index is 12.7. The third-order valence-corrected chi connectivity index (χ3v) is 10.3. The topological polar surface area (TPSA) is 78.9 Å². The van der Waals surface area contributed by atoms with Crippen molar-refractivity contribution in [1.82, 2.24) is 0 Å². The van der Waals surface area contributed by atoms with Gasteiger partial charge in [-0.3, -0.25) is 14.4 Å². The molecule has 356 valence electrons. The van der Waals surface area contributed by atoms with Gasteiger partial charge in [0.2, 0.25) is 0 Å². The molecule has 0 saturated heterocycles. The Morgan fingerprint density at radius 3 is 0.968 bits per heavy atom. The summed E-state index contributed by atoms with van der Waals surface area (Å²) in [6, 6.07) is 0. The third kappa shape index (κ3) is 49.0. The highest BCUT2D eigenvalue weighted by molar-refractivity contribution is 5.71. The molecule has 0 aliphatic heterocycles. The second-order valence-electron chi connectivity index (χ2n) is 16.4. The lowest BCUT2D eigenvalue weighted by molar-refractivity contribution is -0.167. The van der Waals surface area contributed by atoms with E-state index >= 15 is 0 Å². The van der Waals surface area contributed by atoms with Crippen molar-refractivity contribution in [2.24, 2.45) is 0 Å². The first-order valence-electron chi connectivity index (χ1n) is 25.4. The maximum atomic E-state index is 12.7. The van der Waals surface area contributed by atoms with Gasteiger partial charge in [-0.25, -0.2) is 0 Å². The molecule has 0 N–H and O–H groups in total. The largest absolute Gasteiger partial charge is 0.462 e. The number of ether oxygens (including phenoxy) is 3. The van der Waals surface area contributed by atoms with Crippen LogP contribution in [0.4, 0.5) is 0 Å². The normalized spacial score (nSPS) is 13.0. The van der Waals surface area contributed by atoms with Gasteiger partial charge in [-0.1, -0.05) is 220 Å². The molecule has 0 heterocycles. The molecule has 0 bridgehead atoms. The standard InChI is InChI=1S/C57H92O6/c1-4-7-10-13-16-18-20-21-22-23-24-25-26-27-28-29-30-31-32-33-34-35-36-37-38-40-41-44-47-50-56(59)62-53-54(52-61-55(58)49-46-43-15-12-9-6-3)63-57(60)51-48-45-42-39-19-17-14-11-8-5-2/h7,10,16,18,21-22,24-25,27-28,30-31,33-34,36-37,40-41,54H,4-6,8-9,11-15,17,19-20,23,26,29,32,35,38-39,42-53H2,1-3H3/b10-7-,18-16-,22-21-,25-24-,28-27-,31-30-,34-33-,37-36-,41-40-. The lowest BCUT2D eigenvalue weighted by Crippen LogP contribution is -2.30. The highest BCUT2D eigenvalue weighted by Gasteiger charge is 2.19. The Hall–Kier alpha value is -3.93. The van der Waals surface area contributed by atoms with Crippen LogP contribution in [0.3, 0.4) is 0 Å². The molecule has 63 heavy (non-hydrogen) atoms. The van der Waals surface area contributed by atoms with Crippen LogP contribution in [0.2, 0.25) is 0 Å². The molecule has 1 atom stereocenters. The molecular weight excluding hydrogens is 781 g/mol. The van der Waals surface area contributed by atoms with E-state index in [1.807, 2.05) is 0 Å². The molecule has 0 radical (unpaired) electrons. The van der Waals surface area contributed by atoms with Crippen molar-refractivity contribution >= 4 is 17.9 Å². The second-order valence-corrected chi connectivity index (χ2v) is 16.4. The van der Waals surface area contributed by atoms with E-state index in [0.717, 1.165) is 103 Å². The Bertz CT molecular complexity index is 1330. The minimum absolute atomic E-state index is 0.0960. The highest BCUT2D eigenvalue weighted by atomic mass is 16.6. The summed E-state index contributed by atoms with van der Waals surface area (Å²) < 4.78 is 16.6. The van der Waals surface area contributed by atoms with Gasteiger partial charge in [0.05, 0.1) is 0 Å². The molecule has 0 rings (SSSR count). The van der Waals surface area contributed by atoms with E-state index < -0.39 is 6.10 Å². The summed E-state index contributed by atoms with van der Waals surface area (Å²) in [7, 11) is 0. The number of carbonyl (C=O) groups is 3. The Morgan fingerprint density at radius 2 is 0.619 bits per heavy atom. The number of allylic oxidation sites excluding steroid dienone is 18. The third-order valence-electron chi connectivity index (χ3n) is 10.3. The van der Waals surface area contributed by atoms with Crippen molar-refractivity contribution < 1.29 is 28.6 Å². The lowest BCUT2D eigenvalue weighted by Gasteiger charge is -2.18. The summed E-state index contributed by atoms with van der Waals surface area (Å²) >= 11 is 0. The molecule has 0 aliphatic rings. The summed E-state index contributed by atoms with van der Waals surface area (Å²) in [6.45, 7) is 6.38. The number of esters is 3. The molecule has 1 unspecified atom stereocenters. The van der Waals surface area contributed by atoms with Gasteiger partial charge in [-0.15, -0.1) is 0 Å². The average molecular weight is 873 g/mol. The molecule has 6 nitrogen and oxygen atoms in total. The van der Waals surface area contributed by atoms with Crippen molar-refractivity contribution in [3.05, 3.63) is 109 Å². The minimum atomic E-state index is -0.795. The Kier molecular flexibility index (Phi) is 47.5. The zero-order valence-electron chi connectivity index (χ0n) is 40.5. The van der Waals surface area contributed by atoms with Gasteiger partial charge < -0.3 is 14.2 Å². The SMILES string of the molecule is CC/C=C\C/C=C\C/C=C\C/C=C\C/C=C\C/C=C\C/C=C\C/C=C\C/C=C\CCCC(=O)OCC(COC(=O)CCCCCCCC)OC(=O)CCCCCCCCCCCC. The van der Waals surface area contributed by atoms with Gasteiger partial charge in [-0.05, 0) is 83.5 Å². The maximum Gasteiger partial charge on any atom is 0.306 e. The van der Waals surface area contributed by atoms with Gasteiger partial charge in [0.15, 0.2) is 6.10 Å².